The van der Waals surface area contributed by atoms with Crippen LogP contribution in [0.1, 0.15) is 15.9 Å². The van der Waals surface area contributed by atoms with Crippen molar-refractivity contribution < 1.29 is 9.90 Å². The maximum atomic E-state index is 10.9. The molecule has 5 nitrogen and oxygen atoms in total. The highest BCUT2D eigenvalue weighted by Crippen LogP contribution is 2.16. The van der Waals surface area contributed by atoms with E-state index in [9.17, 15) is 4.79 Å². The fourth-order valence-corrected chi connectivity index (χ4v) is 1.40. The van der Waals surface area contributed by atoms with E-state index in [1.807, 2.05) is 19.0 Å². The van der Waals surface area contributed by atoms with E-state index in [1.165, 1.54) is 6.20 Å². The number of carboxylic acids is 1. The van der Waals surface area contributed by atoms with E-state index >= 15 is 0 Å². The van der Waals surface area contributed by atoms with Gasteiger partial charge in [-0.2, -0.15) is 5.10 Å². The lowest BCUT2D eigenvalue weighted by Gasteiger charge is -2.10. The van der Waals surface area contributed by atoms with Crippen LogP contribution in [-0.2, 0) is 6.42 Å². The Balaban J connectivity index is 2.96. The molecule has 1 heterocycles. The summed E-state index contributed by atoms with van der Waals surface area (Å²) in [6.45, 7) is 0.738. The second-order valence-corrected chi connectivity index (χ2v) is 3.75. The molecule has 0 atom stereocenters. The molecule has 0 aliphatic heterocycles. The molecule has 1 rings (SSSR count). The number of hydrogen-bond donors (Lipinski definition) is 1. The molecule has 0 bridgehead atoms. The van der Waals surface area contributed by atoms with Crippen molar-refractivity contribution in [2.45, 2.75) is 6.42 Å². The van der Waals surface area contributed by atoms with Crippen molar-refractivity contribution in [1.29, 1.82) is 0 Å². The van der Waals surface area contributed by atoms with Gasteiger partial charge in [0, 0.05) is 6.54 Å². The van der Waals surface area contributed by atoms with Crippen molar-refractivity contribution in [2.24, 2.45) is 0 Å². The summed E-state index contributed by atoms with van der Waals surface area (Å²) in [6, 6.07) is 0. The van der Waals surface area contributed by atoms with Crippen molar-refractivity contribution in [3.8, 4) is 0 Å². The summed E-state index contributed by atoms with van der Waals surface area (Å²) in [6.07, 6.45) is 2.03. The lowest BCUT2D eigenvalue weighted by atomic mass is 10.1. The number of carboxylic acid groups (broad SMARTS) is 1. The summed E-state index contributed by atoms with van der Waals surface area (Å²) >= 11 is 5.67. The summed E-state index contributed by atoms with van der Waals surface area (Å²) in [5.74, 6) is -1.07. The largest absolute Gasteiger partial charge is 0.478 e. The number of hydrogen-bond acceptors (Lipinski definition) is 4. The van der Waals surface area contributed by atoms with Gasteiger partial charge in [-0.25, -0.2) is 4.79 Å². The quantitative estimate of drug-likeness (QED) is 0.832. The number of rotatable bonds is 4. The Bertz CT molecular complexity index is 368. The van der Waals surface area contributed by atoms with Gasteiger partial charge in [-0.3, -0.25) is 0 Å². The number of aromatic nitrogens is 2. The van der Waals surface area contributed by atoms with Crippen LogP contribution in [0.15, 0.2) is 6.20 Å². The minimum Gasteiger partial charge on any atom is -0.478 e. The third kappa shape index (κ3) is 3.14. The minimum atomic E-state index is -1.07. The van der Waals surface area contributed by atoms with Crippen molar-refractivity contribution >= 4 is 17.6 Å². The molecule has 0 amide bonds. The van der Waals surface area contributed by atoms with Gasteiger partial charge >= 0.3 is 5.97 Å². The SMILES string of the molecule is CN(C)CCc1cnnc(Cl)c1C(=O)O. The molecule has 0 aliphatic carbocycles. The van der Waals surface area contributed by atoms with E-state index in [1.54, 1.807) is 0 Å². The topological polar surface area (TPSA) is 66.3 Å². The molecule has 1 N–H and O–H groups in total. The highest BCUT2D eigenvalue weighted by atomic mass is 35.5. The van der Waals surface area contributed by atoms with Gasteiger partial charge in [0.25, 0.3) is 0 Å². The molecule has 0 fully saturated rings. The second-order valence-electron chi connectivity index (χ2n) is 3.39. The van der Waals surface area contributed by atoms with E-state index in [2.05, 4.69) is 10.2 Å². The summed E-state index contributed by atoms with van der Waals surface area (Å²) in [5.41, 5.74) is 0.657. The average Bonchev–Trinajstić information content (AvgIpc) is 2.13. The van der Waals surface area contributed by atoms with Gasteiger partial charge in [0.2, 0.25) is 0 Å². The predicted molar refractivity (Wildman–Crippen MR) is 56.3 cm³/mol. The first-order valence-electron chi connectivity index (χ1n) is 4.40. The molecule has 6 heteroatoms. The first kappa shape index (κ1) is 11.9. The zero-order chi connectivity index (χ0) is 11.4. The number of halogens is 1. The minimum absolute atomic E-state index is 0.0496. The summed E-state index contributed by atoms with van der Waals surface area (Å²) in [7, 11) is 3.83. The van der Waals surface area contributed by atoms with Crippen LogP contribution in [0.5, 0.6) is 0 Å². The Morgan fingerprint density at radius 2 is 2.27 bits per heavy atom. The molecule has 0 radical (unpaired) electrons. The lowest BCUT2D eigenvalue weighted by Crippen LogP contribution is -2.17. The average molecular weight is 230 g/mol. The maximum Gasteiger partial charge on any atom is 0.339 e. The maximum absolute atomic E-state index is 10.9. The third-order valence-corrected chi connectivity index (χ3v) is 2.19. The van der Waals surface area contributed by atoms with Gasteiger partial charge in [0.15, 0.2) is 5.15 Å². The highest BCUT2D eigenvalue weighted by Gasteiger charge is 2.15. The van der Waals surface area contributed by atoms with Crippen LogP contribution in [0.3, 0.4) is 0 Å². The zero-order valence-corrected chi connectivity index (χ0v) is 9.32. The number of aromatic carboxylic acids is 1. The van der Waals surface area contributed by atoms with Gasteiger partial charge < -0.3 is 10.0 Å². The van der Waals surface area contributed by atoms with Crippen LogP contribution in [-0.4, -0.2) is 46.8 Å². The first-order valence-corrected chi connectivity index (χ1v) is 4.78. The van der Waals surface area contributed by atoms with Gasteiger partial charge in [-0.15, -0.1) is 5.10 Å². The Morgan fingerprint density at radius 1 is 1.60 bits per heavy atom. The van der Waals surface area contributed by atoms with E-state index in [0.717, 1.165) is 6.54 Å². The first-order chi connectivity index (χ1) is 7.02. The van der Waals surface area contributed by atoms with Crippen molar-refractivity contribution in [2.75, 3.05) is 20.6 Å². The standard InChI is InChI=1S/C9H12ClN3O2/c1-13(2)4-3-6-5-11-12-8(10)7(6)9(14)15/h5H,3-4H2,1-2H3,(H,14,15). The molecule has 82 valence electrons. The van der Waals surface area contributed by atoms with E-state index in [-0.39, 0.29) is 10.7 Å². The molecule has 1 aromatic rings. The third-order valence-electron chi connectivity index (χ3n) is 1.93. The van der Waals surface area contributed by atoms with Crippen LogP contribution in [0.4, 0.5) is 0 Å². The van der Waals surface area contributed by atoms with Gasteiger partial charge in [0.05, 0.1) is 6.20 Å². The summed E-state index contributed by atoms with van der Waals surface area (Å²) in [5, 5.41) is 16.0. The normalized spacial score (nSPS) is 10.7. The van der Waals surface area contributed by atoms with E-state index in [4.69, 9.17) is 16.7 Å². The lowest BCUT2D eigenvalue weighted by molar-refractivity contribution is 0.0695. The Hall–Kier alpha value is -1.20. The number of nitrogens with zero attached hydrogens (tertiary/aromatic N) is 3. The Morgan fingerprint density at radius 3 is 2.80 bits per heavy atom. The van der Waals surface area contributed by atoms with Crippen molar-refractivity contribution in [1.82, 2.24) is 15.1 Å². The predicted octanol–water partition coefficient (Wildman–Crippen LogP) is 0.932. The van der Waals surface area contributed by atoms with E-state index in [0.29, 0.717) is 12.0 Å². The van der Waals surface area contributed by atoms with Crippen LogP contribution in [0.25, 0.3) is 0 Å². The molecule has 0 saturated heterocycles. The number of likely N-dealkylation sites (N-methyl/N-ethyl adjacent to an activating group) is 1. The Labute approximate surface area is 92.7 Å². The molecule has 0 aliphatic rings. The van der Waals surface area contributed by atoms with Gasteiger partial charge in [0.1, 0.15) is 5.56 Å². The Kier molecular flexibility index (Phi) is 3.99. The van der Waals surface area contributed by atoms with Crippen LogP contribution < -0.4 is 0 Å². The molecular formula is C9H12ClN3O2. The summed E-state index contributed by atoms with van der Waals surface area (Å²) < 4.78 is 0. The fourth-order valence-electron chi connectivity index (χ4n) is 1.16. The number of carbonyl (C=O) groups is 1. The molecule has 0 saturated carbocycles. The fraction of sp³-hybridized carbons (Fsp3) is 0.444. The van der Waals surface area contributed by atoms with Crippen LogP contribution in [0, 0.1) is 0 Å². The molecule has 0 aromatic carbocycles. The van der Waals surface area contributed by atoms with Gasteiger partial charge in [-0.1, -0.05) is 11.6 Å². The molecular weight excluding hydrogens is 218 g/mol. The second kappa shape index (κ2) is 5.04. The molecule has 1 aromatic heterocycles. The zero-order valence-electron chi connectivity index (χ0n) is 8.57. The molecule has 0 spiro atoms. The van der Waals surface area contributed by atoms with E-state index < -0.39 is 5.97 Å². The summed E-state index contributed by atoms with van der Waals surface area (Å²) in [4.78, 5) is 12.9. The monoisotopic (exact) mass is 229 g/mol. The highest BCUT2D eigenvalue weighted by molar-refractivity contribution is 6.32. The van der Waals surface area contributed by atoms with Crippen molar-refractivity contribution in [3.05, 3.63) is 22.5 Å². The molecule has 15 heavy (non-hydrogen) atoms. The van der Waals surface area contributed by atoms with Gasteiger partial charge in [-0.05, 0) is 26.1 Å². The molecule has 0 unspecified atom stereocenters. The van der Waals surface area contributed by atoms with Crippen LogP contribution in [0.2, 0.25) is 5.15 Å². The van der Waals surface area contributed by atoms with Crippen molar-refractivity contribution in [3.63, 3.8) is 0 Å². The van der Waals surface area contributed by atoms with Crippen LogP contribution >= 0.6 is 11.6 Å². The smallest absolute Gasteiger partial charge is 0.339 e.